The number of benzene rings is 3. The zero-order chi connectivity index (χ0) is 21.4. The first-order valence-corrected chi connectivity index (χ1v) is 11.4. The van der Waals surface area contributed by atoms with Crippen molar-refractivity contribution in [1.82, 2.24) is 0 Å². The molecule has 31 heavy (non-hydrogen) atoms. The standard InChI is InChI=1S/C30H29N/c1-29(2)24-13-8-6-11-22(24)28-25(29)14-9-15-27(28)31-19-16-17-21-20-10-5-7-12-23(20)30(3,4)26(21)18-19/h5-8,10-13,15-18,31H,9,14H2,1-4H3. The second kappa shape index (κ2) is 6.23. The summed E-state index contributed by atoms with van der Waals surface area (Å²) in [4.78, 5) is 0. The van der Waals surface area contributed by atoms with Crippen molar-refractivity contribution < 1.29 is 0 Å². The van der Waals surface area contributed by atoms with Gasteiger partial charge in [0.25, 0.3) is 0 Å². The molecule has 0 heterocycles. The Morgan fingerprint density at radius 1 is 0.677 bits per heavy atom. The molecule has 0 bridgehead atoms. The highest BCUT2D eigenvalue weighted by Gasteiger charge is 2.39. The van der Waals surface area contributed by atoms with Crippen molar-refractivity contribution in [2.75, 3.05) is 5.32 Å². The van der Waals surface area contributed by atoms with Crippen LogP contribution in [0.5, 0.6) is 0 Å². The lowest BCUT2D eigenvalue weighted by molar-refractivity contribution is 0.606. The van der Waals surface area contributed by atoms with E-state index in [1.807, 2.05) is 0 Å². The van der Waals surface area contributed by atoms with Gasteiger partial charge < -0.3 is 5.32 Å². The van der Waals surface area contributed by atoms with Crippen molar-refractivity contribution in [3.8, 4) is 11.1 Å². The maximum Gasteiger partial charge on any atom is 0.0423 e. The van der Waals surface area contributed by atoms with Crippen LogP contribution >= 0.6 is 0 Å². The summed E-state index contributed by atoms with van der Waals surface area (Å²) in [6.45, 7) is 9.45. The van der Waals surface area contributed by atoms with Gasteiger partial charge in [0.15, 0.2) is 0 Å². The highest BCUT2D eigenvalue weighted by Crippen LogP contribution is 2.53. The molecule has 0 aromatic heterocycles. The van der Waals surface area contributed by atoms with E-state index in [-0.39, 0.29) is 10.8 Å². The molecule has 1 heteroatoms. The third kappa shape index (κ3) is 2.50. The number of hydrogen-bond acceptors (Lipinski definition) is 1. The van der Waals surface area contributed by atoms with Gasteiger partial charge >= 0.3 is 0 Å². The van der Waals surface area contributed by atoms with Gasteiger partial charge in [-0.2, -0.15) is 0 Å². The Balaban J connectivity index is 1.42. The van der Waals surface area contributed by atoms with Crippen molar-refractivity contribution in [2.24, 2.45) is 0 Å². The van der Waals surface area contributed by atoms with Gasteiger partial charge in [-0.25, -0.2) is 0 Å². The van der Waals surface area contributed by atoms with Gasteiger partial charge in [-0.05, 0) is 63.9 Å². The lowest BCUT2D eigenvalue weighted by atomic mass is 9.78. The Morgan fingerprint density at radius 2 is 1.32 bits per heavy atom. The topological polar surface area (TPSA) is 12.0 Å². The Bertz CT molecular complexity index is 1300. The number of fused-ring (bicyclic) bond motifs is 5. The molecule has 3 aromatic carbocycles. The summed E-state index contributed by atoms with van der Waals surface area (Å²) in [6.07, 6.45) is 4.64. The third-order valence-electron chi connectivity index (χ3n) is 7.80. The van der Waals surface area contributed by atoms with Crippen LogP contribution in [0.2, 0.25) is 0 Å². The molecular weight excluding hydrogens is 374 g/mol. The van der Waals surface area contributed by atoms with E-state index in [1.165, 1.54) is 50.3 Å². The molecule has 0 unspecified atom stereocenters. The van der Waals surface area contributed by atoms with Crippen LogP contribution in [0.1, 0.15) is 62.8 Å². The summed E-state index contributed by atoms with van der Waals surface area (Å²) >= 11 is 0. The second-order valence-electron chi connectivity index (χ2n) is 10.2. The van der Waals surface area contributed by atoms with Crippen molar-refractivity contribution in [2.45, 2.75) is 51.4 Å². The fourth-order valence-corrected chi connectivity index (χ4v) is 6.14. The molecule has 3 aliphatic rings. The molecule has 0 radical (unpaired) electrons. The monoisotopic (exact) mass is 403 g/mol. The molecule has 0 fully saturated rings. The number of allylic oxidation sites excluding steroid dienone is 3. The van der Waals surface area contributed by atoms with Gasteiger partial charge in [0.1, 0.15) is 0 Å². The molecule has 0 saturated carbocycles. The molecule has 1 N–H and O–H groups in total. The molecule has 0 atom stereocenters. The Kier molecular flexibility index (Phi) is 3.76. The molecule has 3 aliphatic carbocycles. The van der Waals surface area contributed by atoms with Crippen LogP contribution in [0.3, 0.4) is 0 Å². The van der Waals surface area contributed by atoms with Crippen molar-refractivity contribution in [1.29, 1.82) is 0 Å². The summed E-state index contributed by atoms with van der Waals surface area (Å²) < 4.78 is 0. The minimum Gasteiger partial charge on any atom is -0.355 e. The van der Waals surface area contributed by atoms with Crippen LogP contribution in [-0.4, -0.2) is 0 Å². The molecule has 0 spiro atoms. The Hall–Kier alpha value is -3.06. The number of hydrogen-bond donors (Lipinski definition) is 1. The lowest BCUT2D eigenvalue weighted by Gasteiger charge is -2.27. The molecule has 0 amide bonds. The van der Waals surface area contributed by atoms with E-state index in [1.54, 1.807) is 5.57 Å². The molecule has 0 saturated heterocycles. The first-order chi connectivity index (χ1) is 14.9. The average Bonchev–Trinajstić information content (AvgIpc) is 3.15. The van der Waals surface area contributed by atoms with Crippen LogP contribution in [0.15, 0.2) is 84.1 Å². The summed E-state index contributed by atoms with van der Waals surface area (Å²) in [7, 11) is 0. The second-order valence-corrected chi connectivity index (χ2v) is 10.2. The van der Waals surface area contributed by atoms with Crippen LogP contribution in [0.4, 0.5) is 5.69 Å². The molecule has 0 aliphatic heterocycles. The number of anilines is 1. The van der Waals surface area contributed by atoms with Gasteiger partial charge in [0.05, 0.1) is 0 Å². The summed E-state index contributed by atoms with van der Waals surface area (Å²) in [5.74, 6) is 0. The molecule has 154 valence electrons. The van der Waals surface area contributed by atoms with Crippen molar-refractivity contribution in [3.63, 3.8) is 0 Å². The fourth-order valence-electron chi connectivity index (χ4n) is 6.14. The smallest absolute Gasteiger partial charge is 0.0423 e. The predicted molar refractivity (Wildman–Crippen MR) is 131 cm³/mol. The zero-order valence-corrected chi connectivity index (χ0v) is 18.8. The van der Waals surface area contributed by atoms with Gasteiger partial charge in [-0.1, -0.05) is 88.4 Å². The van der Waals surface area contributed by atoms with Crippen LogP contribution < -0.4 is 5.32 Å². The normalized spacial score (nSPS) is 19.3. The zero-order valence-electron chi connectivity index (χ0n) is 18.8. The van der Waals surface area contributed by atoms with E-state index in [9.17, 15) is 0 Å². The number of nitrogens with one attached hydrogen (secondary N) is 1. The highest BCUT2D eigenvalue weighted by atomic mass is 14.9. The first-order valence-electron chi connectivity index (χ1n) is 11.4. The number of rotatable bonds is 2. The third-order valence-corrected chi connectivity index (χ3v) is 7.80. The van der Waals surface area contributed by atoms with Crippen LogP contribution in [0, 0.1) is 0 Å². The van der Waals surface area contributed by atoms with E-state index in [4.69, 9.17) is 0 Å². The minimum absolute atomic E-state index is 0.0247. The fraction of sp³-hybridized carbons (Fsp3) is 0.267. The molecule has 3 aromatic rings. The molecule has 1 nitrogen and oxygen atoms in total. The first kappa shape index (κ1) is 18.7. The van der Waals surface area contributed by atoms with Gasteiger partial charge in [0.2, 0.25) is 0 Å². The van der Waals surface area contributed by atoms with Crippen molar-refractivity contribution in [3.05, 3.63) is 106 Å². The Morgan fingerprint density at radius 3 is 2.10 bits per heavy atom. The highest BCUT2D eigenvalue weighted by molar-refractivity contribution is 5.92. The van der Waals surface area contributed by atoms with Crippen LogP contribution in [-0.2, 0) is 10.8 Å². The molecular formula is C30H29N. The minimum atomic E-state index is 0.0247. The van der Waals surface area contributed by atoms with Gasteiger partial charge in [0, 0.05) is 27.8 Å². The van der Waals surface area contributed by atoms with Crippen molar-refractivity contribution >= 4 is 11.3 Å². The van der Waals surface area contributed by atoms with E-state index < -0.39 is 0 Å². The van der Waals surface area contributed by atoms with Crippen LogP contribution in [0.25, 0.3) is 16.7 Å². The van der Waals surface area contributed by atoms with E-state index in [0.717, 1.165) is 12.8 Å². The maximum atomic E-state index is 3.83. The average molecular weight is 404 g/mol. The predicted octanol–water partition coefficient (Wildman–Crippen LogP) is 7.83. The summed E-state index contributed by atoms with van der Waals surface area (Å²) in [6, 6.07) is 24.7. The SMILES string of the molecule is CC1(C)C2=C(C(Nc3ccc4c(c3)C(C)(C)c3ccccc3-4)=CCC2)c2ccccc21. The quantitative estimate of drug-likeness (QED) is 0.460. The summed E-state index contributed by atoms with van der Waals surface area (Å²) in [5, 5.41) is 3.83. The summed E-state index contributed by atoms with van der Waals surface area (Å²) in [5.41, 5.74) is 14.0. The maximum absolute atomic E-state index is 3.83. The van der Waals surface area contributed by atoms with E-state index in [2.05, 4.69) is 106 Å². The Labute approximate surface area is 185 Å². The largest absolute Gasteiger partial charge is 0.355 e. The molecule has 6 rings (SSSR count). The van der Waals surface area contributed by atoms with E-state index in [0.29, 0.717) is 0 Å². The van der Waals surface area contributed by atoms with Gasteiger partial charge in [-0.3, -0.25) is 0 Å². The lowest BCUT2D eigenvalue weighted by Crippen LogP contribution is -2.18. The van der Waals surface area contributed by atoms with E-state index >= 15 is 0 Å². The van der Waals surface area contributed by atoms with Gasteiger partial charge in [-0.15, -0.1) is 0 Å².